The number of carbonyl (C=O) groups is 1. The number of carboxylic acid groups (broad SMARTS) is 1. The van der Waals surface area contributed by atoms with Crippen LogP contribution in [0.25, 0.3) is 0 Å². The van der Waals surface area contributed by atoms with Crippen LogP contribution < -0.4 is 4.72 Å². The molecule has 0 spiro atoms. The lowest BCUT2D eigenvalue weighted by Crippen LogP contribution is -2.24. The summed E-state index contributed by atoms with van der Waals surface area (Å²) >= 11 is 3.09. The molecule has 21 heavy (non-hydrogen) atoms. The van der Waals surface area contributed by atoms with Crippen molar-refractivity contribution < 1.29 is 22.7 Å². The number of sulfonamides is 1. The zero-order valence-electron chi connectivity index (χ0n) is 10.8. The molecule has 0 aliphatic heterocycles. The molecular formula is C12H11BrN2O5S. The summed E-state index contributed by atoms with van der Waals surface area (Å²) in [4.78, 5) is 14.6. The topological polar surface area (TPSA) is 110 Å². The van der Waals surface area contributed by atoms with Crippen LogP contribution in [0, 0.1) is 6.92 Å². The fraction of sp³-hybridized carbons (Fsp3) is 0.167. The second-order valence-electron chi connectivity index (χ2n) is 4.14. The Morgan fingerprint density at radius 3 is 2.76 bits per heavy atom. The van der Waals surface area contributed by atoms with Gasteiger partial charge in [-0.2, -0.15) is 0 Å². The van der Waals surface area contributed by atoms with E-state index in [0.29, 0.717) is 5.76 Å². The molecule has 2 aromatic rings. The molecular weight excluding hydrogens is 364 g/mol. The zero-order valence-corrected chi connectivity index (χ0v) is 13.2. The maximum atomic E-state index is 12.2. The molecule has 0 amide bonds. The number of nitrogens with zero attached hydrogens (tertiary/aromatic N) is 1. The van der Waals surface area contributed by atoms with Crippen molar-refractivity contribution in [1.82, 2.24) is 9.71 Å². The van der Waals surface area contributed by atoms with Gasteiger partial charge in [0.05, 0.1) is 23.2 Å². The third-order valence-corrected chi connectivity index (χ3v) is 4.95. The van der Waals surface area contributed by atoms with Gasteiger partial charge in [-0.05, 0) is 41.1 Å². The number of aromatic carboxylic acids is 1. The number of hydrogen-bond donors (Lipinski definition) is 2. The summed E-state index contributed by atoms with van der Waals surface area (Å²) in [5, 5.41) is 8.92. The van der Waals surface area contributed by atoms with Crippen LogP contribution in [0.1, 0.15) is 22.0 Å². The van der Waals surface area contributed by atoms with Gasteiger partial charge in [-0.1, -0.05) is 0 Å². The first-order chi connectivity index (χ1) is 9.79. The number of hydrogen-bond acceptors (Lipinski definition) is 5. The van der Waals surface area contributed by atoms with E-state index < -0.39 is 16.0 Å². The summed E-state index contributed by atoms with van der Waals surface area (Å²) < 4.78 is 32.1. The number of halogens is 1. The molecule has 0 aliphatic rings. The number of carboxylic acids is 1. The van der Waals surface area contributed by atoms with Gasteiger partial charge in [-0.15, -0.1) is 0 Å². The van der Waals surface area contributed by atoms with Crippen molar-refractivity contribution in [1.29, 1.82) is 0 Å². The number of aryl methyl sites for hydroxylation is 1. The first-order valence-corrected chi connectivity index (χ1v) is 8.01. The van der Waals surface area contributed by atoms with E-state index in [-0.39, 0.29) is 27.4 Å². The predicted molar refractivity (Wildman–Crippen MR) is 76.4 cm³/mol. The van der Waals surface area contributed by atoms with Gasteiger partial charge >= 0.3 is 5.97 Å². The van der Waals surface area contributed by atoms with E-state index >= 15 is 0 Å². The summed E-state index contributed by atoms with van der Waals surface area (Å²) in [6.07, 6.45) is 1.48. The van der Waals surface area contributed by atoms with Crippen LogP contribution >= 0.6 is 15.9 Å². The average molecular weight is 375 g/mol. The van der Waals surface area contributed by atoms with E-state index in [2.05, 4.69) is 25.6 Å². The molecule has 7 nitrogen and oxygen atoms in total. The number of aromatic nitrogens is 1. The molecule has 0 unspecified atom stereocenters. The van der Waals surface area contributed by atoms with Crippen LogP contribution in [-0.2, 0) is 16.6 Å². The van der Waals surface area contributed by atoms with Crippen molar-refractivity contribution in [2.75, 3.05) is 0 Å². The highest BCUT2D eigenvalue weighted by atomic mass is 79.9. The van der Waals surface area contributed by atoms with E-state index in [0.717, 1.165) is 6.07 Å². The number of nitrogens with one attached hydrogen (secondary N) is 1. The Balaban J connectivity index is 2.26. The Kier molecular flexibility index (Phi) is 4.45. The minimum atomic E-state index is -3.90. The highest BCUT2D eigenvalue weighted by Crippen LogP contribution is 2.23. The van der Waals surface area contributed by atoms with E-state index in [9.17, 15) is 13.2 Å². The molecule has 2 rings (SSSR count). The van der Waals surface area contributed by atoms with E-state index in [4.69, 9.17) is 9.52 Å². The van der Waals surface area contributed by atoms with Crippen molar-refractivity contribution >= 4 is 31.9 Å². The normalized spacial score (nSPS) is 11.5. The molecule has 0 aliphatic carbocycles. The smallest absolute Gasteiger partial charge is 0.335 e. The third-order valence-electron chi connectivity index (χ3n) is 2.55. The molecule has 1 aromatic heterocycles. The Morgan fingerprint density at radius 1 is 1.48 bits per heavy atom. The Hall–Kier alpha value is -1.71. The van der Waals surface area contributed by atoms with Crippen molar-refractivity contribution in [2.24, 2.45) is 0 Å². The SMILES string of the molecule is Cc1cnc(CNS(=O)(=O)c2cc(C(=O)O)ccc2Br)o1. The van der Waals surface area contributed by atoms with Crippen LogP contribution in [0.5, 0.6) is 0 Å². The lowest BCUT2D eigenvalue weighted by atomic mass is 10.2. The second-order valence-corrected chi connectivity index (χ2v) is 6.73. The monoisotopic (exact) mass is 374 g/mol. The standard InChI is InChI=1S/C12H11BrN2O5S/c1-7-5-14-11(20-7)6-15-21(18,19)10-4-8(12(16)17)2-3-9(10)13/h2-5,15H,6H2,1H3,(H,16,17). The molecule has 0 atom stereocenters. The Bertz CT molecular complexity index is 785. The summed E-state index contributed by atoms with van der Waals surface area (Å²) in [5.74, 6) is -0.415. The molecule has 0 fully saturated rings. The van der Waals surface area contributed by atoms with E-state index in [1.54, 1.807) is 6.92 Å². The first kappa shape index (κ1) is 15.7. The minimum absolute atomic E-state index is 0.120. The van der Waals surface area contributed by atoms with Gasteiger partial charge in [0.25, 0.3) is 0 Å². The van der Waals surface area contributed by atoms with E-state index in [1.807, 2.05) is 0 Å². The highest BCUT2D eigenvalue weighted by molar-refractivity contribution is 9.10. The van der Waals surface area contributed by atoms with Gasteiger partial charge in [-0.3, -0.25) is 0 Å². The van der Waals surface area contributed by atoms with Crippen LogP contribution in [0.15, 0.2) is 38.2 Å². The quantitative estimate of drug-likeness (QED) is 0.827. The molecule has 112 valence electrons. The average Bonchev–Trinajstić information content (AvgIpc) is 2.82. The van der Waals surface area contributed by atoms with Crippen LogP contribution in [-0.4, -0.2) is 24.5 Å². The predicted octanol–water partition coefficient (Wildman–Crippen LogP) is 1.92. The first-order valence-electron chi connectivity index (χ1n) is 5.73. The number of oxazole rings is 1. The van der Waals surface area contributed by atoms with Crippen molar-refractivity contribution in [3.8, 4) is 0 Å². The molecule has 0 radical (unpaired) electrons. The highest BCUT2D eigenvalue weighted by Gasteiger charge is 2.20. The van der Waals surface area contributed by atoms with Crippen molar-refractivity contribution in [3.63, 3.8) is 0 Å². The summed E-state index contributed by atoms with van der Waals surface area (Å²) in [7, 11) is -3.90. The van der Waals surface area contributed by atoms with E-state index in [1.165, 1.54) is 18.3 Å². The number of rotatable bonds is 5. The lowest BCUT2D eigenvalue weighted by Gasteiger charge is -2.08. The number of benzene rings is 1. The maximum Gasteiger partial charge on any atom is 0.335 e. The zero-order chi connectivity index (χ0) is 15.6. The Labute approximate surface area is 129 Å². The van der Waals surface area contributed by atoms with Gasteiger partial charge < -0.3 is 9.52 Å². The largest absolute Gasteiger partial charge is 0.478 e. The lowest BCUT2D eigenvalue weighted by molar-refractivity contribution is 0.0696. The fourth-order valence-corrected chi connectivity index (χ4v) is 3.52. The minimum Gasteiger partial charge on any atom is -0.478 e. The molecule has 9 heteroatoms. The fourth-order valence-electron chi connectivity index (χ4n) is 1.56. The van der Waals surface area contributed by atoms with Gasteiger partial charge in [0.1, 0.15) is 5.76 Å². The van der Waals surface area contributed by atoms with Gasteiger partial charge in [0.2, 0.25) is 15.9 Å². The molecule has 0 saturated carbocycles. The molecule has 0 saturated heterocycles. The third kappa shape index (κ3) is 3.69. The summed E-state index contributed by atoms with van der Waals surface area (Å²) in [6.45, 7) is 1.57. The molecule has 0 bridgehead atoms. The summed E-state index contributed by atoms with van der Waals surface area (Å²) in [5.41, 5.74) is -0.120. The van der Waals surface area contributed by atoms with Crippen LogP contribution in [0.3, 0.4) is 0 Å². The Morgan fingerprint density at radius 2 is 2.19 bits per heavy atom. The summed E-state index contributed by atoms with van der Waals surface area (Å²) in [6, 6.07) is 3.76. The van der Waals surface area contributed by atoms with Crippen molar-refractivity contribution in [3.05, 3.63) is 46.1 Å². The maximum absolute atomic E-state index is 12.2. The van der Waals surface area contributed by atoms with Gasteiger partial charge in [-0.25, -0.2) is 22.9 Å². The van der Waals surface area contributed by atoms with Gasteiger partial charge in [0, 0.05) is 4.47 Å². The molecule has 1 heterocycles. The van der Waals surface area contributed by atoms with Gasteiger partial charge in [0.15, 0.2) is 0 Å². The van der Waals surface area contributed by atoms with Crippen LogP contribution in [0.2, 0.25) is 0 Å². The molecule has 2 N–H and O–H groups in total. The molecule has 1 aromatic carbocycles. The van der Waals surface area contributed by atoms with Crippen LogP contribution in [0.4, 0.5) is 0 Å². The van der Waals surface area contributed by atoms with Crippen molar-refractivity contribution in [2.45, 2.75) is 18.4 Å². The second kappa shape index (κ2) is 5.96.